The lowest BCUT2D eigenvalue weighted by Crippen LogP contribution is -2.18. The van der Waals surface area contributed by atoms with Crippen molar-refractivity contribution in [1.82, 2.24) is 0 Å². The van der Waals surface area contributed by atoms with Crippen molar-refractivity contribution in [2.75, 3.05) is 6.61 Å². The molecule has 0 amide bonds. The fraction of sp³-hybridized carbons (Fsp3) is 0.600. The Bertz CT molecular complexity index is 239. The minimum Gasteiger partial charge on any atom is -0.481 e. The van der Waals surface area contributed by atoms with Crippen LogP contribution < -0.4 is 0 Å². The van der Waals surface area contributed by atoms with Crippen molar-refractivity contribution >= 4 is 11.9 Å². The fourth-order valence-electron chi connectivity index (χ4n) is 0.778. The monoisotopic (exact) mass is 200 g/mol. The Morgan fingerprint density at radius 3 is 2.43 bits per heavy atom. The number of esters is 1. The molecular weight excluding hydrogens is 184 g/mol. The number of carbonyl (C=O) groups excluding carboxylic acids is 1. The van der Waals surface area contributed by atoms with Gasteiger partial charge in [-0.15, -0.1) is 0 Å². The van der Waals surface area contributed by atoms with E-state index in [1.54, 1.807) is 13.0 Å². The minimum atomic E-state index is -0.989. The van der Waals surface area contributed by atoms with Crippen molar-refractivity contribution in [3.63, 3.8) is 0 Å². The first-order valence-electron chi connectivity index (χ1n) is 4.45. The van der Waals surface area contributed by atoms with Gasteiger partial charge in [-0.25, -0.2) is 0 Å². The normalized spacial score (nSPS) is 11.6. The number of allylic oxidation sites excluding steroid dienone is 1. The molecule has 0 aromatic rings. The molecule has 14 heavy (non-hydrogen) atoms. The quantitative estimate of drug-likeness (QED) is 0.541. The summed E-state index contributed by atoms with van der Waals surface area (Å²) in [5.74, 6) is -2.04. The maximum Gasteiger partial charge on any atom is 0.309 e. The number of carbonyl (C=O) groups is 2. The lowest BCUT2D eigenvalue weighted by Gasteiger charge is -2.07. The summed E-state index contributed by atoms with van der Waals surface area (Å²) in [4.78, 5) is 21.4. The van der Waals surface area contributed by atoms with Gasteiger partial charge in [-0.05, 0) is 19.9 Å². The second-order valence-corrected chi connectivity index (χ2v) is 3.41. The molecule has 4 heteroatoms. The highest BCUT2D eigenvalue weighted by atomic mass is 16.5. The molecule has 1 unspecified atom stereocenters. The van der Waals surface area contributed by atoms with E-state index in [0.717, 1.165) is 5.57 Å². The molecule has 1 atom stereocenters. The Balaban J connectivity index is 3.84. The maximum atomic E-state index is 11.1. The zero-order valence-electron chi connectivity index (χ0n) is 8.74. The van der Waals surface area contributed by atoms with Crippen LogP contribution in [0.2, 0.25) is 0 Å². The molecule has 0 aliphatic heterocycles. The summed E-state index contributed by atoms with van der Waals surface area (Å²) in [5, 5.41) is 8.43. The van der Waals surface area contributed by atoms with Crippen LogP contribution in [0.1, 0.15) is 27.2 Å². The third-order valence-electron chi connectivity index (χ3n) is 1.60. The topological polar surface area (TPSA) is 63.6 Å². The van der Waals surface area contributed by atoms with E-state index >= 15 is 0 Å². The molecule has 1 N–H and O–H groups in total. The zero-order chi connectivity index (χ0) is 11.1. The predicted octanol–water partition coefficient (Wildman–Crippen LogP) is 1.61. The van der Waals surface area contributed by atoms with Gasteiger partial charge in [-0.3, -0.25) is 9.59 Å². The third kappa shape index (κ3) is 6.22. The number of hydrogen-bond donors (Lipinski definition) is 1. The van der Waals surface area contributed by atoms with Gasteiger partial charge in [-0.2, -0.15) is 0 Å². The van der Waals surface area contributed by atoms with Crippen LogP contribution in [0.15, 0.2) is 11.6 Å². The van der Waals surface area contributed by atoms with Gasteiger partial charge < -0.3 is 9.84 Å². The van der Waals surface area contributed by atoms with Gasteiger partial charge in [0.15, 0.2) is 0 Å². The Hall–Kier alpha value is -1.32. The molecular formula is C10H16O4. The fourth-order valence-corrected chi connectivity index (χ4v) is 0.778. The summed E-state index contributed by atoms with van der Waals surface area (Å²) in [6.07, 6.45) is 1.58. The number of rotatable bonds is 5. The first-order chi connectivity index (χ1) is 6.43. The van der Waals surface area contributed by atoms with E-state index < -0.39 is 17.9 Å². The van der Waals surface area contributed by atoms with Gasteiger partial charge in [-0.1, -0.05) is 12.5 Å². The Morgan fingerprint density at radius 1 is 1.43 bits per heavy atom. The van der Waals surface area contributed by atoms with E-state index in [1.165, 1.54) is 0 Å². The smallest absolute Gasteiger partial charge is 0.309 e. The van der Waals surface area contributed by atoms with Crippen molar-refractivity contribution in [2.24, 2.45) is 5.92 Å². The number of carboxylic acid groups (broad SMARTS) is 1. The van der Waals surface area contributed by atoms with E-state index in [4.69, 9.17) is 9.84 Å². The van der Waals surface area contributed by atoms with Crippen LogP contribution in [0, 0.1) is 5.92 Å². The second-order valence-electron chi connectivity index (χ2n) is 3.41. The molecule has 0 spiro atoms. The van der Waals surface area contributed by atoms with Crippen LogP contribution in [0.4, 0.5) is 0 Å². The van der Waals surface area contributed by atoms with Crippen molar-refractivity contribution < 1.29 is 19.4 Å². The van der Waals surface area contributed by atoms with Crippen molar-refractivity contribution in [3.8, 4) is 0 Å². The summed E-state index contributed by atoms with van der Waals surface area (Å²) < 4.78 is 4.84. The SMILES string of the molecule is CC(C)=CCOC(=O)C(C)CC(=O)O. The minimum absolute atomic E-state index is 0.187. The predicted molar refractivity (Wildman–Crippen MR) is 51.8 cm³/mol. The molecule has 0 rings (SSSR count). The van der Waals surface area contributed by atoms with E-state index in [1.807, 2.05) is 13.8 Å². The molecule has 0 aromatic carbocycles. The van der Waals surface area contributed by atoms with Crippen LogP contribution in [-0.4, -0.2) is 23.7 Å². The van der Waals surface area contributed by atoms with Gasteiger partial charge >= 0.3 is 11.9 Å². The van der Waals surface area contributed by atoms with Crippen LogP contribution in [0.3, 0.4) is 0 Å². The Morgan fingerprint density at radius 2 is 2.00 bits per heavy atom. The van der Waals surface area contributed by atoms with Crippen molar-refractivity contribution in [3.05, 3.63) is 11.6 Å². The molecule has 0 saturated carbocycles. The first-order valence-corrected chi connectivity index (χ1v) is 4.45. The van der Waals surface area contributed by atoms with E-state index in [-0.39, 0.29) is 13.0 Å². The molecule has 0 heterocycles. The standard InChI is InChI=1S/C10H16O4/c1-7(2)4-5-14-10(13)8(3)6-9(11)12/h4,8H,5-6H2,1-3H3,(H,11,12). The molecule has 0 saturated heterocycles. The maximum absolute atomic E-state index is 11.1. The molecule has 0 aliphatic rings. The largest absolute Gasteiger partial charge is 0.481 e. The summed E-state index contributed by atoms with van der Waals surface area (Å²) >= 11 is 0. The number of hydrogen-bond acceptors (Lipinski definition) is 3. The van der Waals surface area contributed by atoms with Crippen molar-refractivity contribution in [1.29, 1.82) is 0 Å². The molecule has 0 aliphatic carbocycles. The second kappa shape index (κ2) is 6.18. The number of carboxylic acids is 1. The third-order valence-corrected chi connectivity index (χ3v) is 1.60. The average Bonchev–Trinajstić information content (AvgIpc) is 2.01. The highest BCUT2D eigenvalue weighted by molar-refractivity contribution is 5.78. The molecule has 0 fully saturated rings. The molecule has 0 aromatic heterocycles. The number of ether oxygens (including phenoxy) is 1. The summed E-state index contributed by atoms with van der Waals surface area (Å²) in [6, 6.07) is 0. The lowest BCUT2D eigenvalue weighted by atomic mass is 10.1. The van der Waals surface area contributed by atoms with E-state index in [2.05, 4.69) is 0 Å². The lowest BCUT2D eigenvalue weighted by molar-refractivity contribution is -0.151. The van der Waals surface area contributed by atoms with Crippen LogP contribution >= 0.6 is 0 Å². The van der Waals surface area contributed by atoms with E-state index in [0.29, 0.717) is 0 Å². The highest BCUT2D eigenvalue weighted by Crippen LogP contribution is 2.04. The van der Waals surface area contributed by atoms with Crippen LogP contribution in [0.5, 0.6) is 0 Å². The van der Waals surface area contributed by atoms with Gasteiger partial charge in [0.25, 0.3) is 0 Å². The van der Waals surface area contributed by atoms with Gasteiger partial charge in [0.1, 0.15) is 6.61 Å². The van der Waals surface area contributed by atoms with E-state index in [9.17, 15) is 9.59 Å². The average molecular weight is 200 g/mol. The van der Waals surface area contributed by atoms with Gasteiger partial charge in [0.2, 0.25) is 0 Å². The zero-order valence-corrected chi connectivity index (χ0v) is 8.74. The van der Waals surface area contributed by atoms with Crippen LogP contribution in [-0.2, 0) is 14.3 Å². The summed E-state index contributed by atoms with van der Waals surface area (Å²) in [7, 11) is 0. The van der Waals surface area contributed by atoms with Crippen molar-refractivity contribution in [2.45, 2.75) is 27.2 Å². The number of aliphatic carboxylic acids is 1. The molecule has 80 valence electrons. The van der Waals surface area contributed by atoms with Crippen LogP contribution in [0.25, 0.3) is 0 Å². The highest BCUT2D eigenvalue weighted by Gasteiger charge is 2.17. The molecule has 4 nitrogen and oxygen atoms in total. The van der Waals surface area contributed by atoms with Gasteiger partial charge in [0.05, 0.1) is 12.3 Å². The first kappa shape index (κ1) is 12.7. The molecule has 0 radical (unpaired) electrons. The summed E-state index contributed by atoms with van der Waals surface area (Å²) in [5.41, 5.74) is 1.06. The summed E-state index contributed by atoms with van der Waals surface area (Å²) in [6.45, 7) is 5.55. The van der Waals surface area contributed by atoms with Gasteiger partial charge in [0, 0.05) is 0 Å². The molecule has 0 bridgehead atoms. The Labute approximate surface area is 83.6 Å². The Kier molecular flexibility index (Phi) is 5.60.